The molecule has 1 amide bonds. The third kappa shape index (κ3) is 6.42. The van der Waals surface area contributed by atoms with E-state index in [9.17, 15) is 31.2 Å². The Morgan fingerprint density at radius 3 is 2.41 bits per heavy atom. The van der Waals surface area contributed by atoms with Gasteiger partial charge < -0.3 is 10.1 Å². The van der Waals surface area contributed by atoms with E-state index in [4.69, 9.17) is 4.74 Å². The Morgan fingerprint density at radius 1 is 1.03 bits per heavy atom. The van der Waals surface area contributed by atoms with Gasteiger partial charge in [0.2, 0.25) is 10.0 Å². The van der Waals surface area contributed by atoms with E-state index in [0.29, 0.717) is 23.5 Å². The number of nitrogens with one attached hydrogen (secondary N) is 2. The van der Waals surface area contributed by atoms with Crippen molar-refractivity contribution in [1.29, 1.82) is 0 Å². The molecule has 2 aromatic carbocycles. The highest BCUT2D eigenvalue weighted by Gasteiger charge is 2.18. The molecule has 2 N–H and O–H groups in total. The van der Waals surface area contributed by atoms with Gasteiger partial charge in [-0.15, -0.1) is 0 Å². The number of amides is 1. The van der Waals surface area contributed by atoms with E-state index in [0.717, 1.165) is 6.07 Å². The van der Waals surface area contributed by atoms with E-state index in [1.165, 1.54) is 28.9 Å². The topological polar surface area (TPSA) is 119 Å². The van der Waals surface area contributed by atoms with Gasteiger partial charge in [0.1, 0.15) is 11.6 Å². The molecular weight excluding hydrogens is 477 g/mol. The molecule has 1 heterocycles. The third-order valence-corrected chi connectivity index (χ3v) is 5.82. The van der Waals surface area contributed by atoms with Crippen molar-refractivity contribution in [2.45, 2.75) is 18.2 Å². The summed E-state index contributed by atoms with van der Waals surface area (Å²) in [5, 5.41) is 6.74. The maximum Gasteiger partial charge on any atom is 0.307 e. The van der Waals surface area contributed by atoms with E-state index in [1.54, 1.807) is 13.0 Å². The van der Waals surface area contributed by atoms with Crippen LogP contribution in [0.15, 0.2) is 53.4 Å². The van der Waals surface area contributed by atoms with Crippen LogP contribution in [0.3, 0.4) is 0 Å². The van der Waals surface area contributed by atoms with Crippen LogP contribution >= 0.6 is 0 Å². The first-order valence-electron chi connectivity index (χ1n) is 9.78. The van der Waals surface area contributed by atoms with E-state index in [1.807, 2.05) is 0 Å². The molecule has 0 unspecified atom stereocenters. The highest BCUT2D eigenvalue weighted by molar-refractivity contribution is 7.89. The monoisotopic (exact) mass is 496 g/mol. The number of nitrogens with zero attached hydrogens (tertiary/aromatic N) is 2. The van der Waals surface area contributed by atoms with E-state index < -0.39 is 63.8 Å². The normalized spacial score (nSPS) is 11.3. The second-order valence-electron chi connectivity index (χ2n) is 6.99. The first-order valence-corrected chi connectivity index (χ1v) is 11.3. The quantitative estimate of drug-likeness (QED) is 0.439. The first-order chi connectivity index (χ1) is 16.0. The summed E-state index contributed by atoms with van der Waals surface area (Å²) in [6.45, 7) is 0.651. The number of aryl methyl sites for hydroxylation is 1. The van der Waals surface area contributed by atoms with Gasteiger partial charge in [-0.1, -0.05) is 0 Å². The Bertz CT molecular complexity index is 1310. The average molecular weight is 496 g/mol. The fraction of sp³-hybridized carbons (Fsp3) is 0.190. The SMILES string of the molecule is Cc1cc(NC(=O)COC(=O)CCNS(=O)(=O)c2ccc(F)c(F)c2)n(-c2ccc(F)cc2)n1. The number of ether oxygens (including phenoxy) is 1. The van der Waals surface area contributed by atoms with Crippen molar-refractivity contribution in [1.82, 2.24) is 14.5 Å². The lowest BCUT2D eigenvalue weighted by atomic mass is 10.3. The standard InChI is InChI=1S/C21H19F3N4O5S/c1-13-10-19(28(27-13)15-4-2-14(22)3-5-15)26-20(29)12-33-21(30)8-9-25-34(31,32)16-6-7-17(23)18(24)11-16/h2-7,10-11,25H,8-9,12H2,1H3,(H,26,29). The maximum atomic E-state index is 13.2. The Morgan fingerprint density at radius 2 is 1.74 bits per heavy atom. The van der Waals surface area contributed by atoms with Crippen molar-refractivity contribution >= 4 is 27.7 Å². The van der Waals surface area contributed by atoms with Crippen LogP contribution in [0.4, 0.5) is 19.0 Å². The number of esters is 1. The smallest absolute Gasteiger partial charge is 0.307 e. The van der Waals surface area contributed by atoms with Gasteiger partial charge in [-0.3, -0.25) is 9.59 Å². The highest BCUT2D eigenvalue weighted by Crippen LogP contribution is 2.17. The summed E-state index contributed by atoms with van der Waals surface area (Å²) in [6, 6.07) is 9.04. The molecule has 3 rings (SSSR count). The lowest BCUT2D eigenvalue weighted by Crippen LogP contribution is -2.28. The van der Waals surface area contributed by atoms with Crippen molar-refractivity contribution < 1.29 is 35.9 Å². The van der Waals surface area contributed by atoms with Crippen LogP contribution in [0.1, 0.15) is 12.1 Å². The second kappa shape index (κ2) is 10.5. The average Bonchev–Trinajstić information content (AvgIpc) is 3.14. The lowest BCUT2D eigenvalue weighted by molar-refractivity contribution is -0.147. The zero-order valence-electron chi connectivity index (χ0n) is 17.7. The summed E-state index contributed by atoms with van der Waals surface area (Å²) < 4.78 is 71.7. The van der Waals surface area contributed by atoms with Crippen molar-refractivity contribution in [3.05, 3.63) is 71.7 Å². The molecule has 3 aromatic rings. The Hall–Kier alpha value is -3.71. The lowest BCUT2D eigenvalue weighted by Gasteiger charge is -2.10. The number of sulfonamides is 1. The highest BCUT2D eigenvalue weighted by atomic mass is 32.2. The van der Waals surface area contributed by atoms with E-state index in [2.05, 4.69) is 15.1 Å². The zero-order valence-corrected chi connectivity index (χ0v) is 18.5. The molecule has 0 saturated carbocycles. The number of carbonyl (C=O) groups excluding carboxylic acids is 2. The van der Waals surface area contributed by atoms with Crippen LogP contribution in [0, 0.1) is 24.4 Å². The number of benzene rings is 2. The number of halogens is 3. The molecule has 0 spiro atoms. The Labute approximate surface area is 192 Å². The van der Waals surface area contributed by atoms with Crippen LogP contribution in [0.2, 0.25) is 0 Å². The molecule has 13 heteroatoms. The number of hydrogen-bond donors (Lipinski definition) is 2. The number of hydrogen-bond acceptors (Lipinski definition) is 6. The van der Waals surface area contributed by atoms with Crippen molar-refractivity contribution in [2.24, 2.45) is 0 Å². The van der Waals surface area contributed by atoms with Crippen LogP contribution in [0.5, 0.6) is 0 Å². The number of anilines is 1. The van der Waals surface area contributed by atoms with Crippen molar-refractivity contribution in [3.63, 3.8) is 0 Å². The van der Waals surface area contributed by atoms with Crippen LogP contribution in [0.25, 0.3) is 5.69 Å². The molecule has 9 nitrogen and oxygen atoms in total. The van der Waals surface area contributed by atoms with Gasteiger partial charge in [0, 0.05) is 12.6 Å². The van der Waals surface area contributed by atoms with Gasteiger partial charge in [0.25, 0.3) is 5.91 Å². The molecule has 0 atom stereocenters. The largest absolute Gasteiger partial charge is 0.456 e. The fourth-order valence-electron chi connectivity index (χ4n) is 2.78. The summed E-state index contributed by atoms with van der Waals surface area (Å²) in [5.74, 6) is -4.24. The van der Waals surface area contributed by atoms with Crippen molar-refractivity contribution in [2.75, 3.05) is 18.5 Å². The molecule has 34 heavy (non-hydrogen) atoms. The summed E-state index contributed by atoms with van der Waals surface area (Å²) in [7, 11) is -4.18. The second-order valence-corrected chi connectivity index (χ2v) is 8.76. The molecule has 1 aromatic heterocycles. The van der Waals surface area contributed by atoms with Gasteiger partial charge in [-0.2, -0.15) is 5.10 Å². The zero-order chi connectivity index (χ0) is 24.9. The summed E-state index contributed by atoms with van der Waals surface area (Å²) in [4.78, 5) is 23.5. The van der Waals surface area contributed by atoms with Gasteiger partial charge in [0.05, 0.1) is 22.7 Å². The third-order valence-electron chi connectivity index (χ3n) is 4.36. The summed E-state index contributed by atoms with van der Waals surface area (Å²) in [5.41, 5.74) is 1.07. The molecular formula is C21H19F3N4O5S. The summed E-state index contributed by atoms with van der Waals surface area (Å²) >= 11 is 0. The summed E-state index contributed by atoms with van der Waals surface area (Å²) in [6.07, 6.45) is -0.414. The van der Waals surface area contributed by atoms with E-state index in [-0.39, 0.29) is 5.82 Å². The Balaban J connectivity index is 1.49. The van der Waals surface area contributed by atoms with Gasteiger partial charge in [0.15, 0.2) is 18.2 Å². The van der Waals surface area contributed by atoms with Crippen LogP contribution in [-0.2, 0) is 24.3 Å². The molecule has 0 saturated heterocycles. The molecule has 0 aliphatic heterocycles. The molecule has 0 radical (unpaired) electrons. The first kappa shape index (κ1) is 24.9. The number of aromatic nitrogens is 2. The van der Waals surface area contributed by atoms with Gasteiger partial charge in [-0.25, -0.2) is 31.0 Å². The molecule has 0 aliphatic carbocycles. The predicted molar refractivity (Wildman–Crippen MR) is 114 cm³/mol. The number of rotatable bonds is 9. The number of carbonyl (C=O) groups is 2. The van der Waals surface area contributed by atoms with Crippen molar-refractivity contribution in [3.8, 4) is 5.69 Å². The van der Waals surface area contributed by atoms with Gasteiger partial charge in [-0.05, 0) is 49.4 Å². The van der Waals surface area contributed by atoms with Crippen LogP contribution < -0.4 is 10.0 Å². The minimum Gasteiger partial charge on any atom is -0.456 e. The minimum absolute atomic E-state index is 0.268. The maximum absolute atomic E-state index is 13.2. The Kier molecular flexibility index (Phi) is 7.68. The molecule has 0 fully saturated rings. The predicted octanol–water partition coefficient (Wildman–Crippen LogP) is 2.45. The van der Waals surface area contributed by atoms with Crippen LogP contribution in [-0.4, -0.2) is 43.2 Å². The fourth-order valence-corrected chi connectivity index (χ4v) is 3.82. The van der Waals surface area contributed by atoms with Gasteiger partial charge >= 0.3 is 5.97 Å². The molecule has 180 valence electrons. The molecule has 0 aliphatic rings. The van der Waals surface area contributed by atoms with E-state index >= 15 is 0 Å². The molecule has 0 bridgehead atoms. The minimum atomic E-state index is -4.18.